The van der Waals surface area contributed by atoms with Crippen LogP contribution in [0.25, 0.3) is 0 Å². The summed E-state index contributed by atoms with van der Waals surface area (Å²) in [5, 5.41) is 14.9. The number of non-ortho nitro benzene ring substituents is 1. The molecule has 0 unspecified atom stereocenters. The number of hydrazone groups is 1. The maximum Gasteiger partial charge on any atom is 0.271 e. The lowest BCUT2D eigenvalue weighted by molar-refractivity contribution is -0.384. The van der Waals surface area contributed by atoms with Crippen LogP contribution < -0.4 is 14.9 Å². The number of halogens is 1. The van der Waals surface area contributed by atoms with Crippen molar-refractivity contribution in [2.24, 2.45) is 5.10 Å². The molecule has 0 atom stereocenters. The van der Waals surface area contributed by atoms with Crippen LogP contribution in [0.2, 0.25) is 5.02 Å². The number of ether oxygens (including phenoxy) is 2. The highest BCUT2D eigenvalue weighted by Gasteiger charge is 2.11. The molecule has 0 heterocycles. The van der Waals surface area contributed by atoms with Gasteiger partial charge in [-0.25, -0.2) is 5.43 Å². The Labute approximate surface area is 148 Å². The Morgan fingerprint density at radius 2 is 1.96 bits per heavy atom. The van der Waals surface area contributed by atoms with Crippen molar-refractivity contribution in [1.82, 2.24) is 5.43 Å². The second kappa shape index (κ2) is 8.11. The Morgan fingerprint density at radius 1 is 1.24 bits per heavy atom. The smallest absolute Gasteiger partial charge is 0.271 e. The van der Waals surface area contributed by atoms with Gasteiger partial charge in [0.1, 0.15) is 11.5 Å². The zero-order valence-electron chi connectivity index (χ0n) is 13.4. The number of hydrogen-bond acceptors (Lipinski definition) is 6. The molecule has 0 saturated carbocycles. The molecule has 0 aliphatic carbocycles. The van der Waals surface area contributed by atoms with E-state index in [9.17, 15) is 14.9 Å². The first-order chi connectivity index (χ1) is 12.0. The summed E-state index contributed by atoms with van der Waals surface area (Å²) in [6.07, 6.45) is 1.35. The molecule has 0 spiro atoms. The minimum absolute atomic E-state index is 0.117. The van der Waals surface area contributed by atoms with E-state index >= 15 is 0 Å². The molecule has 2 aromatic rings. The number of nitrogens with one attached hydrogen (secondary N) is 1. The normalized spacial score (nSPS) is 10.5. The summed E-state index contributed by atoms with van der Waals surface area (Å²) in [4.78, 5) is 22.2. The Kier molecular flexibility index (Phi) is 5.91. The van der Waals surface area contributed by atoms with Crippen LogP contribution >= 0.6 is 11.6 Å². The van der Waals surface area contributed by atoms with Crippen LogP contribution in [0.4, 0.5) is 5.69 Å². The van der Waals surface area contributed by atoms with Crippen molar-refractivity contribution >= 4 is 29.4 Å². The van der Waals surface area contributed by atoms with Crippen molar-refractivity contribution in [2.75, 3.05) is 14.2 Å². The van der Waals surface area contributed by atoms with Crippen LogP contribution in [0.15, 0.2) is 41.5 Å². The molecule has 25 heavy (non-hydrogen) atoms. The van der Waals surface area contributed by atoms with E-state index in [-0.39, 0.29) is 11.3 Å². The summed E-state index contributed by atoms with van der Waals surface area (Å²) in [5.74, 6) is 0.310. The summed E-state index contributed by atoms with van der Waals surface area (Å²) in [5.41, 5.74) is 2.75. The van der Waals surface area contributed by atoms with Crippen molar-refractivity contribution in [1.29, 1.82) is 0 Å². The van der Waals surface area contributed by atoms with E-state index in [4.69, 9.17) is 21.1 Å². The monoisotopic (exact) mass is 363 g/mol. The van der Waals surface area contributed by atoms with Crippen LogP contribution in [-0.2, 0) is 0 Å². The van der Waals surface area contributed by atoms with Gasteiger partial charge in [-0.2, -0.15) is 5.10 Å². The predicted octanol–water partition coefficient (Wildman–Crippen LogP) is 3.03. The van der Waals surface area contributed by atoms with Gasteiger partial charge in [0, 0.05) is 29.3 Å². The van der Waals surface area contributed by atoms with E-state index in [2.05, 4.69) is 10.5 Å². The molecule has 0 fully saturated rings. The Balaban J connectivity index is 2.15. The maximum absolute atomic E-state index is 12.0. The van der Waals surface area contributed by atoms with E-state index in [1.54, 1.807) is 12.1 Å². The van der Waals surface area contributed by atoms with Gasteiger partial charge in [0.2, 0.25) is 0 Å². The van der Waals surface area contributed by atoms with E-state index in [1.165, 1.54) is 38.6 Å². The highest BCUT2D eigenvalue weighted by molar-refractivity contribution is 6.32. The lowest BCUT2D eigenvalue weighted by Crippen LogP contribution is -2.17. The van der Waals surface area contributed by atoms with Crippen molar-refractivity contribution < 1.29 is 19.2 Å². The highest BCUT2D eigenvalue weighted by Crippen LogP contribution is 2.31. The number of hydrogen-bond donors (Lipinski definition) is 1. The van der Waals surface area contributed by atoms with Crippen molar-refractivity contribution in [3.63, 3.8) is 0 Å². The molecule has 2 rings (SSSR count). The molecule has 0 aliphatic rings. The Hall–Kier alpha value is -3.13. The zero-order chi connectivity index (χ0) is 18.4. The molecular weight excluding hydrogens is 350 g/mol. The number of nitro benzene ring substituents is 1. The molecule has 2 aromatic carbocycles. The van der Waals surface area contributed by atoms with E-state index < -0.39 is 10.8 Å². The summed E-state index contributed by atoms with van der Waals surface area (Å²) >= 11 is 6.05. The number of benzene rings is 2. The van der Waals surface area contributed by atoms with Crippen molar-refractivity contribution in [3.8, 4) is 11.5 Å². The van der Waals surface area contributed by atoms with Crippen molar-refractivity contribution in [2.45, 2.75) is 0 Å². The molecule has 9 heteroatoms. The predicted molar refractivity (Wildman–Crippen MR) is 92.7 cm³/mol. The molecule has 0 aliphatic heterocycles. The molecule has 0 radical (unpaired) electrons. The summed E-state index contributed by atoms with van der Waals surface area (Å²) in [6.45, 7) is 0. The number of nitro groups is 1. The number of amides is 1. The Bertz CT molecular complexity index is 839. The first-order valence-electron chi connectivity index (χ1n) is 6.95. The fourth-order valence-electron chi connectivity index (χ4n) is 1.97. The topological polar surface area (TPSA) is 103 Å². The van der Waals surface area contributed by atoms with Gasteiger partial charge in [0.15, 0.2) is 0 Å². The van der Waals surface area contributed by atoms with Crippen LogP contribution in [0.5, 0.6) is 11.5 Å². The van der Waals surface area contributed by atoms with E-state index in [0.29, 0.717) is 22.1 Å². The fraction of sp³-hybridized carbons (Fsp3) is 0.125. The first-order valence-corrected chi connectivity index (χ1v) is 7.33. The standard InChI is InChI=1S/C16H14ClN3O5/c1-24-14-8-15(25-2)13(17)7-11(14)9-18-19-16(21)10-4-3-5-12(6-10)20(22)23/h3-9H,1-2H3,(H,19,21)/b18-9-. The quantitative estimate of drug-likeness (QED) is 0.482. The third kappa shape index (κ3) is 4.45. The van der Waals surface area contributed by atoms with Gasteiger partial charge in [0.25, 0.3) is 11.6 Å². The summed E-state index contributed by atoms with van der Waals surface area (Å²) < 4.78 is 10.3. The molecule has 0 bridgehead atoms. The van der Waals surface area contributed by atoms with Crippen LogP contribution in [0, 0.1) is 10.1 Å². The third-order valence-corrected chi connectivity index (χ3v) is 3.49. The Morgan fingerprint density at radius 3 is 2.60 bits per heavy atom. The average molecular weight is 364 g/mol. The molecule has 0 aromatic heterocycles. The van der Waals surface area contributed by atoms with Gasteiger partial charge in [0.05, 0.1) is 30.4 Å². The fourth-order valence-corrected chi connectivity index (χ4v) is 2.22. The highest BCUT2D eigenvalue weighted by atomic mass is 35.5. The minimum Gasteiger partial charge on any atom is -0.496 e. The lowest BCUT2D eigenvalue weighted by Gasteiger charge is -2.09. The summed E-state index contributed by atoms with van der Waals surface area (Å²) in [7, 11) is 2.95. The van der Waals surface area contributed by atoms with Crippen molar-refractivity contribution in [3.05, 3.63) is 62.7 Å². The van der Waals surface area contributed by atoms with Crippen LogP contribution in [-0.4, -0.2) is 31.3 Å². The SMILES string of the molecule is COc1cc(OC)c(/C=N\NC(=O)c2cccc([N+](=O)[O-])c2)cc1Cl. The molecule has 130 valence electrons. The molecule has 0 saturated heterocycles. The van der Waals surface area contributed by atoms with Gasteiger partial charge in [-0.1, -0.05) is 17.7 Å². The van der Waals surface area contributed by atoms with Crippen LogP contribution in [0.3, 0.4) is 0 Å². The van der Waals surface area contributed by atoms with Gasteiger partial charge in [-0.05, 0) is 12.1 Å². The number of nitrogens with zero attached hydrogens (tertiary/aromatic N) is 2. The number of carbonyl (C=O) groups excluding carboxylic acids is 1. The summed E-state index contributed by atoms with van der Waals surface area (Å²) in [6, 6.07) is 8.49. The number of rotatable bonds is 6. The third-order valence-electron chi connectivity index (χ3n) is 3.19. The second-order valence-electron chi connectivity index (χ2n) is 4.74. The largest absolute Gasteiger partial charge is 0.496 e. The number of methoxy groups -OCH3 is 2. The molecule has 8 nitrogen and oxygen atoms in total. The molecule has 1 amide bonds. The lowest BCUT2D eigenvalue weighted by atomic mass is 10.2. The number of carbonyl (C=O) groups is 1. The van der Waals surface area contributed by atoms with E-state index in [1.807, 2.05) is 0 Å². The minimum atomic E-state index is -0.585. The second-order valence-corrected chi connectivity index (χ2v) is 5.14. The first kappa shape index (κ1) is 18.2. The molecular formula is C16H14ClN3O5. The maximum atomic E-state index is 12.0. The van der Waals surface area contributed by atoms with Gasteiger partial charge >= 0.3 is 0 Å². The van der Waals surface area contributed by atoms with Gasteiger partial charge < -0.3 is 9.47 Å². The zero-order valence-corrected chi connectivity index (χ0v) is 14.1. The average Bonchev–Trinajstić information content (AvgIpc) is 2.61. The van der Waals surface area contributed by atoms with Crippen LogP contribution in [0.1, 0.15) is 15.9 Å². The van der Waals surface area contributed by atoms with Gasteiger partial charge in [-0.3, -0.25) is 14.9 Å². The van der Waals surface area contributed by atoms with Gasteiger partial charge in [-0.15, -0.1) is 0 Å². The molecule has 1 N–H and O–H groups in total. The van der Waals surface area contributed by atoms with E-state index in [0.717, 1.165) is 6.07 Å².